The van der Waals surface area contributed by atoms with Crippen LogP contribution in [0.3, 0.4) is 0 Å². The number of terminal acetylenes is 1. The van der Waals surface area contributed by atoms with Crippen molar-refractivity contribution in [1.82, 2.24) is 67.9 Å². The number of allylic oxidation sites excluding steroid dienone is 2. The summed E-state index contributed by atoms with van der Waals surface area (Å²) in [5.41, 5.74) is 5.06. The van der Waals surface area contributed by atoms with Crippen LogP contribution in [0.5, 0.6) is 0 Å². The fraction of sp³-hybridized carbons (Fsp3) is 0.723. The van der Waals surface area contributed by atoms with Crippen molar-refractivity contribution >= 4 is 59.1 Å². The Morgan fingerprint density at radius 1 is 0.433 bits per heavy atom. The molecule has 0 bridgehead atoms. The van der Waals surface area contributed by atoms with Crippen LogP contribution < -0.4 is 53.2 Å². The van der Waals surface area contributed by atoms with Crippen molar-refractivity contribution in [3.63, 3.8) is 0 Å². The molecule has 6 aliphatic carbocycles. The first-order valence-corrected chi connectivity index (χ1v) is 50.4. The highest BCUT2D eigenvalue weighted by Crippen LogP contribution is 2.39. The average molecular weight is 1860 g/mol. The minimum Gasteiger partial charge on any atom is -0.371 e. The summed E-state index contributed by atoms with van der Waals surface area (Å²) >= 11 is 0. The summed E-state index contributed by atoms with van der Waals surface area (Å²) in [5.74, 6) is 4.90. The number of hydrogen-bond acceptors (Lipinski definition) is 22. The molecule has 10 N–H and O–H groups in total. The average Bonchev–Trinajstić information content (AvgIpc) is 1.63. The molecule has 134 heavy (non-hydrogen) atoms. The summed E-state index contributed by atoms with van der Waals surface area (Å²) in [4.78, 5) is 126. The van der Waals surface area contributed by atoms with E-state index in [1.807, 2.05) is 43.3 Å². The highest BCUT2D eigenvalue weighted by molar-refractivity contribution is 5.95. The van der Waals surface area contributed by atoms with E-state index in [4.69, 9.17) is 53.8 Å². The number of pyridine rings is 1. The van der Waals surface area contributed by atoms with Gasteiger partial charge in [-0.15, -0.1) is 12.3 Å². The molecule has 19 rings (SSSR count). The first-order valence-electron chi connectivity index (χ1n) is 50.4. The zero-order chi connectivity index (χ0) is 93.7. The summed E-state index contributed by atoms with van der Waals surface area (Å²) in [6, 6.07) is 12.0. The fourth-order valence-electron chi connectivity index (χ4n) is 19.9. The van der Waals surface area contributed by atoms with Crippen molar-refractivity contribution in [3.05, 3.63) is 89.0 Å². The number of amides is 10. The molecule has 10 saturated heterocycles. The standard InChI is InChI=1S/C21H24N4O4.C21H32N2O4.C20H27N3O4.C20H32N2O4.C19H30N2O4/c1-12-15(9-22-25(12)14-5-3-2-4-6-14)21(27)24-17-11-29-18-16(10-28-19(17)18)23-20(26)13-7-8-13;1-2-3-4-5-6-7-8-9-10-18(24)22-16-13-26-20-17(14-27-19(16)20)23-21(25)15-11-12-15;1-2-3-4-12-5-8-14(21-9-12)20(25)23-16-11-27-17-15(10-26-18(16)17)22-19(24)13-6-7-13;1-12(2)5-4-6-13(3)9-17(23)21-15-10-25-19-16(11-26-18(15)19)22-20(24)14-7-8-14;22-16(9-6-12-4-2-1-3-5-12)20-14-10-24-18-15(11-25-17(14)18)21-19(23)13-7-8-13/h2-6,9,13,16-19H,7-8,10-11H2,1H3,(H,23,26)(H,24,27);1,15-17,19-20H,3-14H2,(H,22,24)(H,23,25);5,8-9,13,15-18H,2-4,6-7,10-11H2,1H3,(H,22,24)(H,23,25);5,13-16,18-19H,4,6-11H2,1-3H3,(H,21,23)(H,22,24);12-15,17-18H,1-11H2,(H,20,22)(H,21,23)/t16-,17-,18+,19+;16-,17-,19+,20+;15-,16-,17+,18+;13?,15-,16-,18+,19+;14-,15-,17+,18+/m00000/s1. The number of fused-ring (bicyclic) bond motifs is 5. The minimum absolute atomic E-state index is 0.0537. The maximum Gasteiger partial charge on any atom is 0.270 e. The Balaban J connectivity index is 0.000000128. The SMILES string of the molecule is C#CCCCCCCCCC(=O)N[C@H]1CO[C@H]2[C@@H]1OC[C@@H]2NC(=O)C1CC1.CC(C)=CCCC(C)CC(=O)N[C@H]1CO[C@H]2[C@@H]1OC[C@@H]2NC(=O)C1CC1.CCCCc1ccc(C(=O)N[C@H]2CO[C@H]3[C@@H]2OC[C@@H]3NC(=O)C2CC2)nc1.Cc1c(C(=O)N[C@H]2CO[C@H]3[C@@H]2OC[C@@H]3NC(=O)C2CC2)cnn1-c1ccccc1.O=C(CCC1CCCCC1)N[C@H]1CO[C@H]2[C@@H]1OC[C@@H]2NC(=O)C1CC1. The third kappa shape index (κ3) is 28.0. The smallest absolute Gasteiger partial charge is 0.270 e. The third-order valence-corrected chi connectivity index (χ3v) is 28.7. The van der Waals surface area contributed by atoms with Crippen molar-refractivity contribution in [3.8, 4) is 18.0 Å². The Hall–Kier alpha value is -8.82. The number of rotatable bonds is 37. The zero-order valence-corrected chi connectivity index (χ0v) is 78.9. The molecular formula is C101H145N13O20. The van der Waals surface area contributed by atoms with E-state index < -0.39 is 0 Å². The lowest BCUT2D eigenvalue weighted by Gasteiger charge is -2.22. The van der Waals surface area contributed by atoms with Gasteiger partial charge in [-0.2, -0.15) is 5.10 Å². The lowest BCUT2D eigenvalue weighted by molar-refractivity contribution is -0.124. The molecule has 2 aromatic heterocycles. The van der Waals surface area contributed by atoms with Crippen LogP contribution in [0.25, 0.3) is 5.69 Å². The largest absolute Gasteiger partial charge is 0.371 e. The van der Waals surface area contributed by atoms with Crippen molar-refractivity contribution in [1.29, 1.82) is 0 Å². The van der Waals surface area contributed by atoms with Gasteiger partial charge >= 0.3 is 0 Å². The number of aryl methyl sites for hydroxylation is 1. The van der Waals surface area contributed by atoms with Gasteiger partial charge in [0.2, 0.25) is 47.3 Å². The van der Waals surface area contributed by atoms with Gasteiger partial charge < -0.3 is 101 Å². The van der Waals surface area contributed by atoms with Gasteiger partial charge in [0.25, 0.3) is 11.8 Å². The Morgan fingerprint density at radius 2 is 0.806 bits per heavy atom. The second-order valence-corrected chi connectivity index (χ2v) is 40.2. The molecule has 0 spiro atoms. The molecule has 1 aromatic carbocycles. The van der Waals surface area contributed by atoms with Gasteiger partial charge in [-0.1, -0.05) is 114 Å². The summed E-state index contributed by atoms with van der Waals surface area (Å²) in [5, 5.41) is 34.8. The molecule has 1 unspecified atom stereocenters. The first kappa shape index (κ1) is 99.7. The van der Waals surface area contributed by atoms with Gasteiger partial charge in [0.15, 0.2) is 0 Å². The van der Waals surface area contributed by atoms with E-state index in [2.05, 4.69) is 103 Å². The molecule has 33 nitrogen and oxygen atoms in total. The molecule has 16 aliphatic rings. The van der Waals surface area contributed by atoms with E-state index in [0.717, 1.165) is 158 Å². The summed E-state index contributed by atoms with van der Waals surface area (Å²) in [6.45, 7) is 14.7. The van der Waals surface area contributed by atoms with E-state index in [9.17, 15) is 47.9 Å². The van der Waals surface area contributed by atoms with Crippen LogP contribution >= 0.6 is 0 Å². The quantitative estimate of drug-likeness (QED) is 0.0151. The van der Waals surface area contributed by atoms with E-state index in [1.54, 1.807) is 23.1 Å². The van der Waals surface area contributed by atoms with Gasteiger partial charge in [-0.05, 0) is 166 Å². The predicted molar refractivity (Wildman–Crippen MR) is 494 cm³/mol. The van der Waals surface area contributed by atoms with Gasteiger partial charge in [-0.3, -0.25) is 52.9 Å². The number of carbonyl (C=O) groups is 10. The fourth-order valence-corrected chi connectivity index (χ4v) is 19.9. The molecule has 6 saturated carbocycles. The van der Waals surface area contributed by atoms with Crippen LogP contribution in [0.15, 0.2) is 66.5 Å². The number of carbonyl (C=O) groups excluding carboxylic acids is 10. The number of para-hydroxylation sites is 1. The lowest BCUT2D eigenvalue weighted by Crippen LogP contribution is -2.47. The maximum absolute atomic E-state index is 12.9. The van der Waals surface area contributed by atoms with E-state index in [1.165, 1.54) is 50.5 Å². The van der Waals surface area contributed by atoms with Crippen LogP contribution in [-0.2, 0) is 92.1 Å². The molecule has 21 atom stereocenters. The molecule has 0 radical (unpaired) electrons. The summed E-state index contributed by atoms with van der Waals surface area (Å²) < 4.78 is 60.2. The van der Waals surface area contributed by atoms with Crippen LogP contribution in [0.2, 0.25) is 0 Å². The molecule has 734 valence electrons. The number of unbranched alkanes of at least 4 members (excludes halogenated alkanes) is 7. The van der Waals surface area contributed by atoms with Crippen molar-refractivity contribution in [2.75, 3.05) is 66.1 Å². The van der Waals surface area contributed by atoms with Crippen molar-refractivity contribution in [2.24, 2.45) is 41.4 Å². The van der Waals surface area contributed by atoms with Gasteiger partial charge in [-0.25, -0.2) is 4.68 Å². The Labute approximate surface area is 788 Å². The number of benzene rings is 1. The Kier molecular flexibility index (Phi) is 36.0. The molecular weight excluding hydrogens is 1720 g/mol. The molecule has 16 fully saturated rings. The molecule has 10 aliphatic heterocycles. The van der Waals surface area contributed by atoms with Crippen LogP contribution in [-0.4, -0.2) is 261 Å². The third-order valence-electron chi connectivity index (χ3n) is 28.7. The number of ether oxygens (including phenoxy) is 10. The van der Waals surface area contributed by atoms with Crippen LogP contribution in [0.1, 0.15) is 252 Å². The monoisotopic (exact) mass is 1860 g/mol. The van der Waals surface area contributed by atoms with E-state index in [-0.39, 0.29) is 210 Å². The number of hydrogen-bond donors (Lipinski definition) is 10. The number of aromatic nitrogens is 3. The summed E-state index contributed by atoms with van der Waals surface area (Å²) in [6.07, 6.45) is 40.7. The Morgan fingerprint density at radius 3 is 1.19 bits per heavy atom. The Bertz CT molecular complexity index is 4500. The van der Waals surface area contributed by atoms with Gasteiger partial charge in [0.05, 0.1) is 150 Å². The zero-order valence-electron chi connectivity index (χ0n) is 78.9. The van der Waals surface area contributed by atoms with E-state index in [0.29, 0.717) is 103 Å². The van der Waals surface area contributed by atoms with Crippen molar-refractivity contribution in [2.45, 2.75) is 355 Å². The van der Waals surface area contributed by atoms with Crippen molar-refractivity contribution < 1.29 is 95.3 Å². The predicted octanol–water partition coefficient (Wildman–Crippen LogP) is 7.56. The first-order chi connectivity index (χ1) is 65.1. The second-order valence-electron chi connectivity index (χ2n) is 40.2. The van der Waals surface area contributed by atoms with Crippen LogP contribution in [0, 0.1) is 60.7 Å². The second kappa shape index (κ2) is 48.5. The number of nitrogens with one attached hydrogen (secondary N) is 10. The van der Waals surface area contributed by atoms with E-state index >= 15 is 0 Å². The highest BCUT2D eigenvalue weighted by atomic mass is 16.6. The molecule has 33 heteroatoms. The molecule has 10 amide bonds. The highest BCUT2D eigenvalue weighted by Gasteiger charge is 2.55. The van der Waals surface area contributed by atoms with Gasteiger partial charge in [0, 0.05) is 61.5 Å². The minimum atomic E-state index is -0.257. The van der Waals surface area contributed by atoms with Crippen LogP contribution in [0.4, 0.5) is 0 Å². The lowest BCUT2D eigenvalue weighted by atomic mass is 9.86. The summed E-state index contributed by atoms with van der Waals surface area (Å²) in [7, 11) is 0. The molecule has 3 aromatic rings. The molecule has 12 heterocycles. The normalized spacial score (nSPS) is 30.5. The van der Waals surface area contributed by atoms with Gasteiger partial charge in [0.1, 0.15) is 66.7 Å². The number of nitrogens with zero attached hydrogens (tertiary/aromatic N) is 3. The maximum atomic E-state index is 12.9. The topological polar surface area (TPSA) is 414 Å².